The lowest BCUT2D eigenvalue weighted by atomic mass is 9.78. The number of halogens is 7. The molecule has 0 aliphatic carbocycles. The van der Waals surface area contributed by atoms with Crippen molar-refractivity contribution < 1.29 is 55.2 Å². The lowest BCUT2D eigenvalue weighted by Gasteiger charge is -2.39. The molecule has 4 heterocycles. The van der Waals surface area contributed by atoms with Gasteiger partial charge in [-0.05, 0) is 257 Å². The van der Waals surface area contributed by atoms with Crippen LogP contribution in [0.25, 0.3) is 0 Å². The Balaban J connectivity index is 0.000000278. The number of rotatable bonds is 24. The third-order valence-electron chi connectivity index (χ3n) is 20.8. The maximum atomic E-state index is 12.8. The fourth-order valence-electron chi connectivity index (χ4n) is 14.6. The Kier molecular flexibility index (Phi) is 34.9. The molecule has 4 aromatic rings. The fourth-order valence-corrected chi connectivity index (χ4v) is 14.8. The van der Waals surface area contributed by atoms with Gasteiger partial charge in [0.1, 0.15) is 0 Å². The van der Waals surface area contributed by atoms with Crippen molar-refractivity contribution in [2.24, 2.45) is 17.8 Å². The van der Waals surface area contributed by atoms with Crippen molar-refractivity contribution in [3.8, 4) is 0 Å². The highest BCUT2D eigenvalue weighted by molar-refractivity contribution is 7.59. The van der Waals surface area contributed by atoms with E-state index in [0.29, 0.717) is 43.9 Å². The molecule has 18 heteroatoms. The average molecular weight is 1420 g/mol. The van der Waals surface area contributed by atoms with Gasteiger partial charge < -0.3 is 29.1 Å². The summed E-state index contributed by atoms with van der Waals surface area (Å²) < 4.78 is 92.1. The minimum atomic E-state index is -4.31. The predicted octanol–water partition coefficient (Wildman–Crippen LogP) is 18.7. The number of aliphatic hydroxyl groups excluding tert-OH is 1. The third-order valence-corrected chi connectivity index (χ3v) is 21.0. The first-order valence-corrected chi connectivity index (χ1v) is 36.1. The van der Waals surface area contributed by atoms with E-state index in [1.807, 2.05) is 26.0 Å². The number of alkyl halides is 6. The summed E-state index contributed by atoms with van der Waals surface area (Å²) in [5.41, 5.74) is 4.62. The number of carbonyl (C=O) groups excluding carboxylic acids is 2. The minimum absolute atomic E-state index is 0. The number of benzene rings is 4. The lowest BCUT2D eigenvalue weighted by Crippen LogP contribution is -2.44. The van der Waals surface area contributed by atoms with E-state index in [1.165, 1.54) is 35.3 Å². The number of ether oxygens (including phenoxy) is 3. The average Bonchev–Trinajstić information content (AvgIpc) is 1.07. The molecule has 0 bridgehead atoms. The second-order valence-corrected chi connectivity index (χ2v) is 30.9. The molecule has 0 aromatic heterocycles. The molecular weight excluding hydrogens is 1290 g/mol. The number of methoxy groups -OCH3 is 1. The van der Waals surface area contributed by atoms with Gasteiger partial charge in [0, 0.05) is 42.9 Å². The van der Waals surface area contributed by atoms with E-state index in [2.05, 4.69) is 151 Å². The SMILES string of the molecule is CC(C)(CCN1CCC(CO)CC1)c1ccc(Cl)cc1.CCOC(=O)C1CCN(C(C)CC(C)(C)c2ccc(C(F)(F)F)cc2)CC1.CCOC(=O)C1CCN(C(C=C(C)C)CC(C)(C)c2ccccc2)CC1.COC[C@@H]1CCCN1C(C)CC(C)(C)c1ccc(C(F)(F)F)cc1.S. The van der Waals surface area contributed by atoms with Gasteiger partial charge in [0.15, 0.2) is 0 Å². The number of esters is 2. The Hall–Kier alpha value is -4.46. The van der Waals surface area contributed by atoms with Crippen molar-refractivity contribution in [3.05, 3.63) is 153 Å². The van der Waals surface area contributed by atoms with E-state index in [-0.39, 0.29) is 65.0 Å². The zero-order chi connectivity index (χ0) is 71.9. The molecule has 4 aliphatic rings. The van der Waals surface area contributed by atoms with Crippen molar-refractivity contribution >= 4 is 37.0 Å². The molecule has 0 spiro atoms. The van der Waals surface area contributed by atoms with Gasteiger partial charge in [0.05, 0.1) is 42.8 Å². The van der Waals surface area contributed by atoms with E-state index >= 15 is 0 Å². The quantitative estimate of drug-likeness (QED) is 0.0415. The first kappa shape index (κ1) is 85.9. The van der Waals surface area contributed by atoms with Crippen molar-refractivity contribution in [1.82, 2.24) is 19.6 Å². The maximum Gasteiger partial charge on any atom is 0.416 e. The molecule has 4 atom stereocenters. The summed E-state index contributed by atoms with van der Waals surface area (Å²) in [5.74, 6) is 0.456. The molecule has 4 aliphatic heterocycles. The zero-order valence-electron chi connectivity index (χ0n) is 61.8. The van der Waals surface area contributed by atoms with Crippen LogP contribution in [0, 0.1) is 17.8 Å². The van der Waals surface area contributed by atoms with E-state index in [9.17, 15) is 41.0 Å². The smallest absolute Gasteiger partial charge is 0.416 e. The molecule has 4 aromatic carbocycles. The monoisotopic (exact) mass is 1410 g/mol. The molecule has 1 N–H and O–H groups in total. The topological polar surface area (TPSA) is 95.0 Å². The van der Waals surface area contributed by atoms with Gasteiger partial charge >= 0.3 is 24.3 Å². The fraction of sp³-hybridized carbons (Fsp3) is 0.650. The van der Waals surface area contributed by atoms with E-state index in [4.69, 9.17) is 25.8 Å². The van der Waals surface area contributed by atoms with Crippen molar-refractivity contribution in [2.75, 3.05) is 85.9 Å². The van der Waals surface area contributed by atoms with Gasteiger partial charge in [-0.15, -0.1) is 0 Å². The summed E-state index contributed by atoms with van der Waals surface area (Å²) in [6.07, 6.45) is 5.77. The Morgan fingerprint density at radius 1 is 0.551 bits per heavy atom. The lowest BCUT2D eigenvalue weighted by molar-refractivity contribution is -0.150. The van der Waals surface area contributed by atoms with Crippen molar-refractivity contribution in [1.29, 1.82) is 0 Å². The molecular formula is C80H121ClF6N4O6S. The highest BCUT2D eigenvalue weighted by atomic mass is 35.5. The first-order chi connectivity index (χ1) is 45.5. The van der Waals surface area contributed by atoms with E-state index in [0.717, 1.165) is 158 Å². The predicted molar refractivity (Wildman–Crippen MR) is 394 cm³/mol. The Morgan fingerprint density at radius 2 is 0.959 bits per heavy atom. The van der Waals surface area contributed by atoms with Crippen LogP contribution < -0.4 is 0 Å². The van der Waals surface area contributed by atoms with Crippen LogP contribution in [0.3, 0.4) is 0 Å². The maximum absolute atomic E-state index is 12.8. The summed E-state index contributed by atoms with van der Waals surface area (Å²) in [6.45, 7) is 40.1. The second kappa shape index (κ2) is 39.8. The normalized spacial score (nSPS) is 18.7. The van der Waals surface area contributed by atoms with Crippen LogP contribution in [-0.4, -0.2) is 147 Å². The molecule has 0 amide bonds. The van der Waals surface area contributed by atoms with E-state index < -0.39 is 23.5 Å². The second-order valence-electron chi connectivity index (χ2n) is 30.5. The molecule has 4 saturated heterocycles. The van der Waals surface area contributed by atoms with E-state index in [1.54, 1.807) is 31.4 Å². The van der Waals surface area contributed by atoms with Crippen LogP contribution in [-0.2, 0) is 57.8 Å². The summed E-state index contributed by atoms with van der Waals surface area (Å²) in [4.78, 5) is 33.8. The highest BCUT2D eigenvalue weighted by Gasteiger charge is 2.38. The molecule has 0 radical (unpaired) electrons. The summed E-state index contributed by atoms with van der Waals surface area (Å²) in [6, 6.07) is 31.6. The molecule has 98 heavy (non-hydrogen) atoms. The number of carbonyl (C=O) groups is 2. The molecule has 10 nitrogen and oxygen atoms in total. The van der Waals surface area contributed by atoms with Gasteiger partial charge in [0.25, 0.3) is 0 Å². The number of aliphatic hydroxyl groups is 1. The Morgan fingerprint density at radius 3 is 1.39 bits per heavy atom. The number of allylic oxidation sites excluding steroid dienone is 1. The van der Waals surface area contributed by atoms with Crippen LogP contribution in [0.2, 0.25) is 5.02 Å². The largest absolute Gasteiger partial charge is 0.466 e. The zero-order valence-corrected chi connectivity index (χ0v) is 63.6. The number of piperidine rings is 3. The van der Waals surface area contributed by atoms with Crippen LogP contribution in [0.15, 0.2) is 115 Å². The number of hydrogen-bond acceptors (Lipinski definition) is 10. The molecule has 0 saturated carbocycles. The highest BCUT2D eigenvalue weighted by Crippen LogP contribution is 2.39. The summed E-state index contributed by atoms with van der Waals surface area (Å²) in [5, 5.41) is 9.98. The van der Waals surface area contributed by atoms with Crippen LogP contribution >= 0.6 is 25.1 Å². The number of likely N-dealkylation sites (tertiary alicyclic amines) is 4. The summed E-state index contributed by atoms with van der Waals surface area (Å²) >= 11 is 5.96. The Bertz CT molecular complexity index is 2960. The molecule has 4 fully saturated rings. The van der Waals surface area contributed by atoms with Crippen molar-refractivity contribution in [2.45, 2.75) is 232 Å². The van der Waals surface area contributed by atoms with Crippen LogP contribution in [0.5, 0.6) is 0 Å². The first-order valence-electron chi connectivity index (χ1n) is 35.7. The van der Waals surface area contributed by atoms with Gasteiger partial charge in [-0.25, -0.2) is 0 Å². The van der Waals surface area contributed by atoms with Crippen molar-refractivity contribution in [3.63, 3.8) is 0 Å². The molecule has 552 valence electrons. The van der Waals surface area contributed by atoms with Crippen LogP contribution in [0.4, 0.5) is 26.3 Å². The standard InChI is InChI=1S/C23H35NO2.C21H30F3NO2.C19H28F3NO.C17H26ClNO.H2S/c1-6-26-22(25)19-12-14-24(15-13-19)21(16-18(2)3)17-23(4,5)20-10-8-7-9-11-20;1-5-27-19(26)16-10-12-25(13-11-16)15(2)14-20(3,4)17-6-8-18(9-7-17)21(22,23)24;1-14(23-11-5-6-17(23)13-24-4)12-18(2,3)15-7-9-16(10-8-15)19(20,21)22;1-17(2,15-3-5-16(18)6-4-15)9-12-19-10-7-14(13-20)8-11-19;/h7-11,16,19,21H,6,12-15,17H2,1-5H3;6-9,15-16H,5,10-14H2,1-4H3;7-10,14,17H,5-6,11-13H2,1-4H3;3-6,14,20H,7-13H2,1-2H3;1H2/t;;14?,17-;;/m..0../s1. The number of hydrogen-bond donors (Lipinski definition) is 1. The third kappa shape index (κ3) is 27.4. The number of nitrogens with zero attached hydrogens (tertiary/aromatic N) is 4. The van der Waals surface area contributed by atoms with Gasteiger partial charge in [0.2, 0.25) is 0 Å². The molecule has 3 unspecified atom stereocenters. The van der Waals surface area contributed by atoms with Gasteiger partial charge in [-0.2, -0.15) is 39.8 Å². The van der Waals surface area contributed by atoms with Gasteiger partial charge in [-0.3, -0.25) is 19.4 Å². The summed E-state index contributed by atoms with van der Waals surface area (Å²) in [7, 11) is 1.73. The molecule has 8 rings (SSSR count). The van der Waals surface area contributed by atoms with Crippen LogP contribution in [0.1, 0.15) is 207 Å². The van der Waals surface area contributed by atoms with Gasteiger partial charge in [-0.1, -0.05) is 145 Å². The minimum Gasteiger partial charge on any atom is -0.466 e. The Labute approximate surface area is 597 Å².